The van der Waals surface area contributed by atoms with Gasteiger partial charge >= 0.3 is 0 Å². The van der Waals surface area contributed by atoms with Gasteiger partial charge in [0.05, 0.1) is 24.6 Å². The molecule has 0 bridgehead atoms. The molecule has 0 saturated carbocycles. The molecular formula is C8H7ClF2N2O2. The molecule has 1 rings (SSSR count). The number of nitrogen functional groups attached to an aromatic ring is 1. The van der Waals surface area contributed by atoms with Gasteiger partial charge in [0.25, 0.3) is 11.7 Å². The predicted octanol–water partition coefficient (Wildman–Crippen LogP) is 1.99. The standard InChI is InChI=1S/C8H7ClF2N2O2/c1-15-3-2-13-6(8(10)11)4(5(3)12)7(9)14/h2,8H,1H3,(H2,12,13). The predicted molar refractivity (Wildman–Crippen MR) is 50.3 cm³/mol. The monoisotopic (exact) mass is 236 g/mol. The van der Waals surface area contributed by atoms with E-state index < -0.39 is 22.9 Å². The lowest BCUT2D eigenvalue weighted by Gasteiger charge is -2.10. The molecule has 0 amide bonds. The lowest BCUT2D eigenvalue weighted by Crippen LogP contribution is -2.08. The summed E-state index contributed by atoms with van der Waals surface area (Å²) >= 11 is 5.14. The molecule has 0 atom stereocenters. The largest absolute Gasteiger partial charge is 0.493 e. The van der Waals surface area contributed by atoms with Gasteiger partial charge in [-0.05, 0) is 11.6 Å². The highest BCUT2D eigenvalue weighted by Gasteiger charge is 2.23. The van der Waals surface area contributed by atoms with E-state index in [1.54, 1.807) is 0 Å². The molecule has 0 radical (unpaired) electrons. The lowest BCUT2D eigenvalue weighted by atomic mass is 10.1. The molecule has 0 aliphatic carbocycles. The minimum absolute atomic E-state index is 0.0309. The third kappa shape index (κ3) is 2.15. The maximum absolute atomic E-state index is 12.4. The van der Waals surface area contributed by atoms with Crippen LogP contribution in [0.2, 0.25) is 0 Å². The van der Waals surface area contributed by atoms with Crippen LogP contribution < -0.4 is 10.5 Å². The van der Waals surface area contributed by atoms with E-state index in [4.69, 9.17) is 22.1 Å². The first kappa shape index (κ1) is 11.6. The van der Waals surface area contributed by atoms with E-state index in [9.17, 15) is 13.6 Å². The molecular weight excluding hydrogens is 230 g/mol. The number of halogens is 3. The number of nitrogens with two attached hydrogens (primary N) is 1. The Kier molecular flexibility index (Phi) is 3.41. The van der Waals surface area contributed by atoms with Gasteiger partial charge in [-0.25, -0.2) is 8.78 Å². The number of pyridine rings is 1. The van der Waals surface area contributed by atoms with Crippen LogP contribution in [-0.4, -0.2) is 17.3 Å². The third-order valence-corrected chi connectivity index (χ3v) is 1.92. The van der Waals surface area contributed by atoms with Gasteiger partial charge in [-0.3, -0.25) is 9.78 Å². The van der Waals surface area contributed by atoms with Crippen LogP contribution in [-0.2, 0) is 0 Å². The number of rotatable bonds is 3. The lowest BCUT2D eigenvalue weighted by molar-refractivity contribution is 0.106. The van der Waals surface area contributed by atoms with E-state index in [2.05, 4.69) is 4.98 Å². The zero-order valence-electron chi connectivity index (χ0n) is 7.63. The molecule has 4 nitrogen and oxygen atoms in total. The topological polar surface area (TPSA) is 65.2 Å². The number of hydrogen-bond acceptors (Lipinski definition) is 4. The summed E-state index contributed by atoms with van der Waals surface area (Å²) < 4.78 is 29.6. The number of aromatic nitrogens is 1. The average Bonchev–Trinajstić information content (AvgIpc) is 2.16. The normalized spacial score (nSPS) is 10.5. The fourth-order valence-electron chi connectivity index (χ4n) is 1.06. The zero-order chi connectivity index (χ0) is 11.6. The maximum Gasteiger partial charge on any atom is 0.281 e. The molecule has 82 valence electrons. The van der Waals surface area contributed by atoms with E-state index in [0.717, 1.165) is 6.20 Å². The van der Waals surface area contributed by atoms with Gasteiger partial charge in [-0.2, -0.15) is 0 Å². The van der Waals surface area contributed by atoms with Crippen LogP contribution >= 0.6 is 11.6 Å². The highest BCUT2D eigenvalue weighted by molar-refractivity contribution is 6.68. The Morgan fingerprint density at radius 1 is 1.67 bits per heavy atom. The summed E-state index contributed by atoms with van der Waals surface area (Å²) in [5, 5.41) is -1.09. The Labute approximate surface area is 89.0 Å². The quantitative estimate of drug-likeness (QED) is 0.815. The number of carbonyl (C=O) groups excluding carboxylic acids is 1. The van der Waals surface area contributed by atoms with Crippen molar-refractivity contribution in [2.45, 2.75) is 6.43 Å². The van der Waals surface area contributed by atoms with E-state index in [1.807, 2.05) is 0 Å². The number of ether oxygens (including phenoxy) is 1. The van der Waals surface area contributed by atoms with Crippen LogP contribution in [0.25, 0.3) is 0 Å². The highest BCUT2D eigenvalue weighted by atomic mass is 35.5. The first-order chi connectivity index (χ1) is 6.99. The molecule has 1 aromatic rings. The van der Waals surface area contributed by atoms with Crippen molar-refractivity contribution in [1.82, 2.24) is 4.98 Å². The van der Waals surface area contributed by atoms with Gasteiger partial charge < -0.3 is 10.5 Å². The smallest absolute Gasteiger partial charge is 0.281 e. The van der Waals surface area contributed by atoms with Crippen molar-refractivity contribution < 1.29 is 18.3 Å². The van der Waals surface area contributed by atoms with Crippen molar-refractivity contribution in [3.63, 3.8) is 0 Å². The van der Waals surface area contributed by atoms with E-state index in [0.29, 0.717) is 0 Å². The van der Waals surface area contributed by atoms with Crippen LogP contribution in [0.1, 0.15) is 22.5 Å². The number of anilines is 1. The molecule has 0 saturated heterocycles. The molecule has 1 aromatic heterocycles. The summed E-state index contributed by atoms with van der Waals surface area (Å²) in [5.41, 5.74) is 3.95. The molecule has 0 aliphatic heterocycles. The Morgan fingerprint density at radius 2 is 2.27 bits per heavy atom. The second-order valence-corrected chi connectivity index (χ2v) is 2.92. The summed E-state index contributed by atoms with van der Waals surface area (Å²) in [4.78, 5) is 14.3. The van der Waals surface area contributed by atoms with Gasteiger partial charge in [0.1, 0.15) is 5.69 Å². The van der Waals surface area contributed by atoms with Crippen LogP contribution in [0.15, 0.2) is 6.20 Å². The first-order valence-electron chi connectivity index (χ1n) is 3.79. The van der Waals surface area contributed by atoms with Crippen molar-refractivity contribution in [1.29, 1.82) is 0 Å². The van der Waals surface area contributed by atoms with E-state index in [1.165, 1.54) is 7.11 Å². The second-order valence-electron chi connectivity index (χ2n) is 2.57. The summed E-state index contributed by atoms with van der Waals surface area (Å²) in [6.07, 6.45) is -1.91. The van der Waals surface area contributed by atoms with Gasteiger partial charge in [-0.1, -0.05) is 0 Å². The number of alkyl halides is 2. The number of nitrogens with zero attached hydrogens (tertiary/aromatic N) is 1. The van der Waals surface area contributed by atoms with Crippen molar-refractivity contribution in [2.75, 3.05) is 12.8 Å². The second kappa shape index (κ2) is 4.39. The summed E-state index contributed by atoms with van der Waals surface area (Å²) in [6.45, 7) is 0. The van der Waals surface area contributed by atoms with Crippen LogP contribution in [0, 0.1) is 0 Å². The molecule has 2 N–H and O–H groups in total. The number of methoxy groups -OCH3 is 1. The molecule has 0 fully saturated rings. The van der Waals surface area contributed by atoms with Gasteiger partial charge in [0.2, 0.25) is 0 Å². The van der Waals surface area contributed by atoms with E-state index >= 15 is 0 Å². The van der Waals surface area contributed by atoms with Crippen LogP contribution in [0.5, 0.6) is 5.75 Å². The Balaban J connectivity index is 3.44. The van der Waals surface area contributed by atoms with E-state index in [-0.39, 0.29) is 11.4 Å². The Bertz CT molecular complexity index is 398. The van der Waals surface area contributed by atoms with Crippen molar-refractivity contribution in [2.24, 2.45) is 0 Å². The van der Waals surface area contributed by atoms with Gasteiger partial charge in [0.15, 0.2) is 5.75 Å². The maximum atomic E-state index is 12.4. The average molecular weight is 237 g/mol. The van der Waals surface area contributed by atoms with Crippen molar-refractivity contribution in [3.05, 3.63) is 17.5 Å². The zero-order valence-corrected chi connectivity index (χ0v) is 8.39. The molecule has 0 aliphatic rings. The van der Waals surface area contributed by atoms with Crippen molar-refractivity contribution >= 4 is 22.5 Å². The number of carbonyl (C=O) groups is 1. The molecule has 15 heavy (non-hydrogen) atoms. The van der Waals surface area contributed by atoms with Gasteiger partial charge in [0, 0.05) is 0 Å². The van der Waals surface area contributed by atoms with Crippen LogP contribution in [0.3, 0.4) is 0 Å². The Hall–Kier alpha value is -1.43. The molecule has 0 spiro atoms. The molecule has 0 unspecified atom stereocenters. The number of hydrogen-bond donors (Lipinski definition) is 1. The minimum atomic E-state index is -2.92. The molecule has 0 aromatic carbocycles. The Morgan fingerprint density at radius 3 is 2.67 bits per heavy atom. The summed E-state index contributed by atoms with van der Waals surface area (Å²) in [6, 6.07) is 0. The highest BCUT2D eigenvalue weighted by Crippen LogP contribution is 2.32. The SMILES string of the molecule is COc1cnc(C(F)F)c(C(=O)Cl)c1N. The summed E-state index contributed by atoms with van der Waals surface area (Å²) in [5.74, 6) is 0.0309. The van der Waals surface area contributed by atoms with Crippen molar-refractivity contribution in [3.8, 4) is 5.75 Å². The van der Waals surface area contributed by atoms with Crippen LogP contribution in [0.4, 0.5) is 14.5 Å². The van der Waals surface area contributed by atoms with Gasteiger partial charge in [-0.15, -0.1) is 0 Å². The fourth-order valence-corrected chi connectivity index (χ4v) is 1.26. The molecule has 7 heteroatoms. The molecule has 1 heterocycles. The summed E-state index contributed by atoms with van der Waals surface area (Å²) in [7, 11) is 1.28. The minimum Gasteiger partial charge on any atom is -0.493 e. The fraction of sp³-hybridized carbons (Fsp3) is 0.250. The first-order valence-corrected chi connectivity index (χ1v) is 4.17. The third-order valence-electron chi connectivity index (χ3n) is 1.73.